The number of carbonyl (C=O) groups excluding carboxylic acids is 1. The lowest BCUT2D eigenvalue weighted by molar-refractivity contribution is 0.0910. The molecule has 0 unspecified atom stereocenters. The predicted octanol–water partition coefficient (Wildman–Crippen LogP) is -0.174. The zero-order chi connectivity index (χ0) is 15.4. The first kappa shape index (κ1) is 14.9. The van der Waals surface area contributed by atoms with Gasteiger partial charge in [0.05, 0.1) is 25.0 Å². The molecule has 0 saturated carbocycles. The van der Waals surface area contributed by atoms with E-state index in [9.17, 15) is 9.59 Å². The summed E-state index contributed by atoms with van der Waals surface area (Å²) in [6.07, 6.45) is 3.18. The van der Waals surface area contributed by atoms with Crippen LogP contribution in [0, 0.1) is 5.92 Å². The second-order valence-corrected chi connectivity index (χ2v) is 5.09. The summed E-state index contributed by atoms with van der Waals surface area (Å²) in [5.74, 6) is -0.121. The van der Waals surface area contributed by atoms with Gasteiger partial charge in [0.1, 0.15) is 5.69 Å². The molecule has 2 aromatic rings. The molecule has 0 radical (unpaired) electrons. The Kier molecular flexibility index (Phi) is 4.46. The quantitative estimate of drug-likeness (QED) is 0.824. The highest BCUT2D eigenvalue weighted by atomic mass is 16.2. The van der Waals surface area contributed by atoms with Crippen LogP contribution in [0.1, 0.15) is 24.3 Å². The third-order valence-electron chi connectivity index (χ3n) is 3.14. The van der Waals surface area contributed by atoms with Gasteiger partial charge in [-0.05, 0) is 12.0 Å². The van der Waals surface area contributed by atoms with Crippen LogP contribution in [-0.2, 0) is 13.6 Å². The second kappa shape index (κ2) is 6.29. The van der Waals surface area contributed by atoms with Crippen molar-refractivity contribution in [2.45, 2.75) is 26.4 Å². The van der Waals surface area contributed by atoms with Crippen molar-refractivity contribution in [3.05, 3.63) is 40.6 Å². The van der Waals surface area contributed by atoms with Crippen LogP contribution < -0.4 is 10.9 Å². The van der Waals surface area contributed by atoms with Crippen LogP contribution in [0.2, 0.25) is 0 Å². The van der Waals surface area contributed by atoms with Gasteiger partial charge in [-0.25, -0.2) is 4.68 Å². The summed E-state index contributed by atoms with van der Waals surface area (Å²) in [6.45, 7) is 4.48. The van der Waals surface area contributed by atoms with Gasteiger partial charge in [-0.15, -0.1) is 0 Å². The van der Waals surface area contributed by atoms with E-state index in [2.05, 4.69) is 20.6 Å². The molecule has 0 aliphatic carbocycles. The summed E-state index contributed by atoms with van der Waals surface area (Å²) in [6, 6.07) is 2.60. The van der Waals surface area contributed by atoms with Crippen molar-refractivity contribution in [1.82, 2.24) is 30.1 Å². The number of aryl methyl sites for hydroxylation is 1. The van der Waals surface area contributed by atoms with E-state index in [0.717, 1.165) is 4.68 Å². The number of nitrogens with zero attached hydrogens (tertiary/aromatic N) is 5. The highest BCUT2D eigenvalue weighted by molar-refractivity contribution is 5.92. The average molecular weight is 290 g/mol. The molecule has 112 valence electrons. The third-order valence-corrected chi connectivity index (χ3v) is 3.14. The van der Waals surface area contributed by atoms with Crippen molar-refractivity contribution in [2.24, 2.45) is 13.0 Å². The van der Waals surface area contributed by atoms with Crippen molar-refractivity contribution >= 4 is 5.91 Å². The fraction of sp³-hybridized carbons (Fsp3) is 0.462. The van der Waals surface area contributed by atoms with Gasteiger partial charge in [0.2, 0.25) is 0 Å². The Morgan fingerprint density at radius 2 is 1.95 bits per heavy atom. The molecular formula is C13H18N6O2. The number of rotatable bonds is 5. The molecular weight excluding hydrogens is 272 g/mol. The number of hydrogen-bond acceptors (Lipinski definition) is 5. The largest absolute Gasteiger partial charge is 0.346 e. The average Bonchev–Trinajstić information content (AvgIpc) is 2.93. The maximum absolute atomic E-state index is 12.2. The van der Waals surface area contributed by atoms with Crippen LogP contribution in [-0.4, -0.2) is 36.7 Å². The zero-order valence-corrected chi connectivity index (χ0v) is 12.2. The Morgan fingerprint density at radius 3 is 2.52 bits per heavy atom. The smallest absolute Gasteiger partial charge is 0.272 e. The lowest BCUT2D eigenvalue weighted by Crippen LogP contribution is -2.42. The summed E-state index contributed by atoms with van der Waals surface area (Å²) in [5, 5.41) is 14.9. The molecule has 0 fully saturated rings. The minimum absolute atomic E-state index is 0.135. The van der Waals surface area contributed by atoms with Crippen LogP contribution in [0.25, 0.3) is 0 Å². The number of amides is 1. The molecule has 21 heavy (non-hydrogen) atoms. The monoisotopic (exact) mass is 290 g/mol. The van der Waals surface area contributed by atoms with Crippen LogP contribution >= 0.6 is 0 Å². The molecule has 8 heteroatoms. The molecule has 0 saturated heterocycles. The van der Waals surface area contributed by atoms with Gasteiger partial charge in [0, 0.05) is 13.1 Å². The lowest BCUT2D eigenvalue weighted by Gasteiger charge is -2.21. The Balaban J connectivity index is 2.10. The molecule has 0 aliphatic rings. The minimum atomic E-state index is -0.323. The molecule has 1 N–H and O–H groups in total. The normalized spacial score (nSPS) is 12.4. The topological polar surface area (TPSA) is 94.7 Å². The lowest BCUT2D eigenvalue weighted by atomic mass is 10.0. The first-order valence-electron chi connectivity index (χ1n) is 6.66. The summed E-state index contributed by atoms with van der Waals surface area (Å²) >= 11 is 0. The number of aromatic nitrogens is 5. The van der Waals surface area contributed by atoms with Gasteiger partial charge in [0.15, 0.2) is 0 Å². The van der Waals surface area contributed by atoms with Crippen molar-refractivity contribution < 1.29 is 4.79 Å². The van der Waals surface area contributed by atoms with Crippen molar-refractivity contribution in [2.75, 3.05) is 0 Å². The van der Waals surface area contributed by atoms with Gasteiger partial charge in [-0.1, -0.05) is 13.8 Å². The number of hydrogen-bond donors (Lipinski definition) is 1. The van der Waals surface area contributed by atoms with E-state index < -0.39 is 0 Å². The molecule has 1 amide bonds. The second-order valence-electron chi connectivity index (χ2n) is 5.09. The standard InChI is InChI=1S/C13H18N6O2/c1-9(2)11(8-19-14-6-7-15-19)16-13(21)10-4-5-12(20)18(3)17-10/h4-7,9,11H,8H2,1-3H3,(H,16,21)/t11-/m0/s1. The number of nitrogens with one attached hydrogen (secondary N) is 1. The van der Waals surface area contributed by atoms with E-state index in [1.54, 1.807) is 12.4 Å². The van der Waals surface area contributed by atoms with Crippen molar-refractivity contribution in [1.29, 1.82) is 0 Å². The molecule has 0 bridgehead atoms. The van der Waals surface area contributed by atoms with Gasteiger partial charge < -0.3 is 5.32 Å². The fourth-order valence-corrected chi connectivity index (χ4v) is 1.80. The fourth-order valence-electron chi connectivity index (χ4n) is 1.80. The third kappa shape index (κ3) is 3.74. The SMILES string of the molecule is CC(C)[C@H](Cn1nccn1)NC(=O)c1ccc(=O)n(C)n1. The zero-order valence-electron chi connectivity index (χ0n) is 12.2. The van der Waals surface area contributed by atoms with Gasteiger partial charge >= 0.3 is 0 Å². The Hall–Kier alpha value is -2.51. The highest BCUT2D eigenvalue weighted by Gasteiger charge is 2.19. The van der Waals surface area contributed by atoms with Crippen LogP contribution in [0.5, 0.6) is 0 Å². The first-order valence-corrected chi connectivity index (χ1v) is 6.66. The molecule has 0 spiro atoms. The van der Waals surface area contributed by atoms with E-state index in [4.69, 9.17) is 0 Å². The first-order chi connectivity index (χ1) is 9.97. The molecule has 0 aliphatic heterocycles. The van der Waals surface area contributed by atoms with Gasteiger partial charge in [0.25, 0.3) is 11.5 Å². The van der Waals surface area contributed by atoms with Crippen molar-refractivity contribution in [3.8, 4) is 0 Å². The van der Waals surface area contributed by atoms with E-state index in [0.29, 0.717) is 6.54 Å². The van der Waals surface area contributed by atoms with Crippen LogP contribution in [0.15, 0.2) is 29.3 Å². The minimum Gasteiger partial charge on any atom is -0.346 e. The molecule has 1 atom stereocenters. The van der Waals surface area contributed by atoms with Crippen molar-refractivity contribution in [3.63, 3.8) is 0 Å². The Bertz CT molecular complexity index is 662. The highest BCUT2D eigenvalue weighted by Crippen LogP contribution is 2.05. The van der Waals surface area contributed by atoms with Crippen LogP contribution in [0.3, 0.4) is 0 Å². The van der Waals surface area contributed by atoms with Gasteiger partial charge in [-0.2, -0.15) is 20.1 Å². The molecule has 2 rings (SSSR count). The maximum Gasteiger partial charge on any atom is 0.272 e. The van der Waals surface area contributed by atoms with E-state index in [1.165, 1.54) is 24.0 Å². The van der Waals surface area contributed by atoms with E-state index in [1.807, 2.05) is 13.8 Å². The molecule has 2 heterocycles. The Labute approximate surface area is 121 Å². The summed E-state index contributed by atoms with van der Waals surface area (Å²) < 4.78 is 1.13. The number of carbonyl (C=O) groups is 1. The Morgan fingerprint density at radius 1 is 1.29 bits per heavy atom. The summed E-state index contributed by atoms with van der Waals surface area (Å²) in [7, 11) is 1.51. The van der Waals surface area contributed by atoms with E-state index in [-0.39, 0.29) is 29.1 Å². The maximum atomic E-state index is 12.2. The van der Waals surface area contributed by atoms with Crippen LogP contribution in [0.4, 0.5) is 0 Å². The molecule has 2 aromatic heterocycles. The molecule has 0 aromatic carbocycles. The summed E-state index contributed by atoms with van der Waals surface area (Å²) in [4.78, 5) is 25.0. The predicted molar refractivity (Wildman–Crippen MR) is 75.6 cm³/mol. The summed E-state index contributed by atoms with van der Waals surface area (Å²) in [5.41, 5.74) is -0.0520. The van der Waals surface area contributed by atoms with E-state index >= 15 is 0 Å². The van der Waals surface area contributed by atoms with Gasteiger partial charge in [-0.3, -0.25) is 9.59 Å². The molecule has 8 nitrogen and oxygen atoms in total.